The van der Waals surface area contributed by atoms with Gasteiger partial charge in [-0.2, -0.15) is 0 Å². The Morgan fingerprint density at radius 2 is 2.00 bits per heavy atom. The molecule has 0 radical (unpaired) electrons. The maximum atomic E-state index is 12.2. The summed E-state index contributed by atoms with van der Waals surface area (Å²) in [6.45, 7) is 1.92. The van der Waals surface area contributed by atoms with Gasteiger partial charge in [0.2, 0.25) is 0 Å². The Kier molecular flexibility index (Phi) is 4.23. The number of aliphatic carboxylic acids is 1. The predicted molar refractivity (Wildman–Crippen MR) is 81.2 cm³/mol. The van der Waals surface area contributed by atoms with E-state index in [1.54, 1.807) is 30.3 Å². The molecule has 0 atom stereocenters. The number of anilines is 1. The second-order valence-electron chi connectivity index (χ2n) is 4.67. The number of carbonyl (C=O) groups is 2. The van der Waals surface area contributed by atoms with Gasteiger partial charge in [-0.05, 0) is 42.8 Å². The number of rotatable bonds is 4. The fraction of sp³-hybridized carbons (Fsp3) is 0.125. The molecule has 1 aromatic heterocycles. The molecule has 0 bridgehead atoms. The van der Waals surface area contributed by atoms with E-state index in [2.05, 4.69) is 5.32 Å². The van der Waals surface area contributed by atoms with Gasteiger partial charge in [0.25, 0.3) is 5.91 Å². The first-order valence-electron chi connectivity index (χ1n) is 6.42. The largest absolute Gasteiger partial charge is 0.478 e. The third-order valence-corrected chi connectivity index (χ3v) is 3.17. The number of amides is 1. The predicted octanol–water partition coefficient (Wildman–Crippen LogP) is 2.68. The van der Waals surface area contributed by atoms with Crippen LogP contribution in [0.2, 0.25) is 0 Å². The summed E-state index contributed by atoms with van der Waals surface area (Å²) in [6.07, 6.45) is 2.53. The molecule has 0 saturated carbocycles. The van der Waals surface area contributed by atoms with Crippen molar-refractivity contribution in [1.82, 2.24) is 4.57 Å². The van der Waals surface area contributed by atoms with E-state index in [0.717, 1.165) is 11.8 Å². The van der Waals surface area contributed by atoms with Crippen molar-refractivity contribution in [3.63, 3.8) is 0 Å². The molecule has 0 fully saturated rings. The third-order valence-electron chi connectivity index (χ3n) is 3.17. The molecule has 2 aromatic rings. The lowest BCUT2D eigenvalue weighted by molar-refractivity contribution is -0.131. The first kappa shape index (κ1) is 14.6. The Morgan fingerprint density at radius 3 is 2.62 bits per heavy atom. The number of carboxylic acids is 1. The van der Waals surface area contributed by atoms with Crippen LogP contribution in [0.5, 0.6) is 0 Å². The number of hydrogen-bond acceptors (Lipinski definition) is 2. The summed E-state index contributed by atoms with van der Waals surface area (Å²) in [4.78, 5) is 22.7. The molecular formula is C16H16N2O3. The monoisotopic (exact) mass is 284 g/mol. The Morgan fingerprint density at radius 1 is 1.24 bits per heavy atom. The van der Waals surface area contributed by atoms with E-state index < -0.39 is 5.97 Å². The van der Waals surface area contributed by atoms with Crippen molar-refractivity contribution in [2.75, 3.05) is 5.32 Å². The molecule has 0 aliphatic heterocycles. The summed E-state index contributed by atoms with van der Waals surface area (Å²) in [5.74, 6) is -1.21. The quantitative estimate of drug-likeness (QED) is 0.848. The van der Waals surface area contributed by atoms with Crippen LogP contribution in [0.4, 0.5) is 5.69 Å². The van der Waals surface area contributed by atoms with Gasteiger partial charge in [0.15, 0.2) is 0 Å². The lowest BCUT2D eigenvalue weighted by atomic mass is 10.2. The fourth-order valence-electron chi connectivity index (χ4n) is 1.92. The van der Waals surface area contributed by atoms with E-state index in [1.165, 1.54) is 6.08 Å². The highest BCUT2D eigenvalue weighted by atomic mass is 16.4. The minimum Gasteiger partial charge on any atom is -0.478 e. The molecule has 5 heteroatoms. The average molecular weight is 284 g/mol. The molecule has 0 unspecified atom stereocenters. The molecule has 0 aliphatic rings. The van der Waals surface area contributed by atoms with E-state index in [0.29, 0.717) is 16.9 Å². The number of nitrogens with one attached hydrogen (secondary N) is 1. The Hall–Kier alpha value is -2.82. The van der Waals surface area contributed by atoms with Crippen molar-refractivity contribution in [3.05, 3.63) is 59.4 Å². The maximum absolute atomic E-state index is 12.2. The van der Waals surface area contributed by atoms with Crippen molar-refractivity contribution in [3.8, 4) is 0 Å². The molecule has 2 N–H and O–H groups in total. The summed E-state index contributed by atoms with van der Waals surface area (Å²) in [5.41, 5.74) is 2.89. The van der Waals surface area contributed by atoms with Gasteiger partial charge in [-0.3, -0.25) is 4.79 Å². The summed E-state index contributed by atoms with van der Waals surface area (Å²) in [5, 5.41) is 11.4. The van der Waals surface area contributed by atoms with Gasteiger partial charge in [-0.25, -0.2) is 4.79 Å². The SMILES string of the molecule is Cc1ccc(C(=O)Nc2cccc(/C=C/C(=O)O)c2)n1C. The number of nitrogens with zero attached hydrogens (tertiary/aromatic N) is 1. The van der Waals surface area contributed by atoms with Gasteiger partial charge >= 0.3 is 5.97 Å². The van der Waals surface area contributed by atoms with Crippen LogP contribution in [0.3, 0.4) is 0 Å². The number of benzene rings is 1. The molecule has 0 spiro atoms. The number of aryl methyl sites for hydroxylation is 1. The van der Waals surface area contributed by atoms with E-state index in [4.69, 9.17) is 5.11 Å². The highest BCUT2D eigenvalue weighted by molar-refractivity contribution is 6.03. The van der Waals surface area contributed by atoms with Crippen LogP contribution >= 0.6 is 0 Å². The van der Waals surface area contributed by atoms with Crippen LogP contribution in [0.15, 0.2) is 42.5 Å². The zero-order chi connectivity index (χ0) is 15.4. The number of carbonyl (C=O) groups excluding carboxylic acids is 1. The highest BCUT2D eigenvalue weighted by Gasteiger charge is 2.10. The van der Waals surface area contributed by atoms with Crippen LogP contribution < -0.4 is 5.32 Å². The highest BCUT2D eigenvalue weighted by Crippen LogP contribution is 2.14. The molecular weight excluding hydrogens is 268 g/mol. The van der Waals surface area contributed by atoms with Gasteiger partial charge in [-0.1, -0.05) is 12.1 Å². The summed E-state index contributed by atoms with van der Waals surface area (Å²) in [6, 6.07) is 10.6. The molecule has 2 rings (SSSR count). The van der Waals surface area contributed by atoms with Crippen molar-refractivity contribution < 1.29 is 14.7 Å². The lowest BCUT2D eigenvalue weighted by Gasteiger charge is -2.07. The van der Waals surface area contributed by atoms with E-state index in [9.17, 15) is 9.59 Å². The normalized spacial score (nSPS) is 10.8. The first-order valence-corrected chi connectivity index (χ1v) is 6.42. The Bertz CT molecular complexity index is 714. The van der Waals surface area contributed by atoms with Crippen LogP contribution in [0.25, 0.3) is 6.08 Å². The van der Waals surface area contributed by atoms with Crippen LogP contribution in [0, 0.1) is 6.92 Å². The van der Waals surface area contributed by atoms with Gasteiger partial charge in [0.05, 0.1) is 0 Å². The van der Waals surface area contributed by atoms with Crippen LogP contribution in [-0.4, -0.2) is 21.6 Å². The van der Waals surface area contributed by atoms with E-state index >= 15 is 0 Å². The number of hydrogen-bond donors (Lipinski definition) is 2. The molecule has 21 heavy (non-hydrogen) atoms. The standard InChI is InChI=1S/C16H16N2O3/c1-11-6-8-14(18(11)2)16(21)17-13-5-3-4-12(10-13)7-9-15(19)20/h3-10H,1-2H3,(H,17,21)(H,19,20)/b9-7+. The molecule has 0 saturated heterocycles. The van der Waals surface area contributed by atoms with Gasteiger partial charge in [0, 0.05) is 24.5 Å². The Balaban J connectivity index is 2.16. The lowest BCUT2D eigenvalue weighted by Crippen LogP contribution is -2.16. The van der Waals surface area contributed by atoms with Gasteiger partial charge in [-0.15, -0.1) is 0 Å². The van der Waals surface area contributed by atoms with Crippen molar-refractivity contribution in [2.24, 2.45) is 7.05 Å². The van der Waals surface area contributed by atoms with Gasteiger partial charge in [0.1, 0.15) is 5.69 Å². The zero-order valence-electron chi connectivity index (χ0n) is 11.8. The second-order valence-corrected chi connectivity index (χ2v) is 4.67. The van der Waals surface area contributed by atoms with Crippen molar-refractivity contribution in [1.29, 1.82) is 0 Å². The minimum absolute atomic E-state index is 0.204. The summed E-state index contributed by atoms with van der Waals surface area (Å²) >= 11 is 0. The average Bonchev–Trinajstić information content (AvgIpc) is 2.77. The minimum atomic E-state index is -1.01. The maximum Gasteiger partial charge on any atom is 0.328 e. The fourth-order valence-corrected chi connectivity index (χ4v) is 1.92. The first-order chi connectivity index (χ1) is 9.97. The topological polar surface area (TPSA) is 71.3 Å². The summed E-state index contributed by atoms with van der Waals surface area (Å²) in [7, 11) is 1.83. The molecule has 0 aliphatic carbocycles. The number of carboxylic acid groups (broad SMARTS) is 1. The van der Waals surface area contributed by atoms with Crippen LogP contribution in [0.1, 0.15) is 21.7 Å². The molecule has 1 amide bonds. The van der Waals surface area contributed by atoms with Crippen molar-refractivity contribution in [2.45, 2.75) is 6.92 Å². The third kappa shape index (κ3) is 3.60. The van der Waals surface area contributed by atoms with Gasteiger partial charge < -0.3 is 15.0 Å². The number of aromatic nitrogens is 1. The molecule has 5 nitrogen and oxygen atoms in total. The zero-order valence-corrected chi connectivity index (χ0v) is 11.8. The van der Waals surface area contributed by atoms with Crippen LogP contribution in [-0.2, 0) is 11.8 Å². The second kappa shape index (κ2) is 6.09. The molecule has 1 aromatic carbocycles. The van der Waals surface area contributed by atoms with Crippen molar-refractivity contribution >= 4 is 23.6 Å². The van der Waals surface area contributed by atoms with E-state index in [-0.39, 0.29) is 5.91 Å². The summed E-state index contributed by atoms with van der Waals surface area (Å²) < 4.78 is 1.81. The van der Waals surface area contributed by atoms with E-state index in [1.807, 2.05) is 24.6 Å². The molecule has 1 heterocycles. The molecule has 108 valence electrons. The smallest absolute Gasteiger partial charge is 0.328 e. The Labute approximate surface area is 122 Å².